The largest absolute Gasteiger partial charge is 0.550 e. The number of aliphatic hydroxyl groups excluding tert-OH is 3. The topological polar surface area (TPSA) is 178 Å². The molecule has 24 heavy (non-hydrogen) atoms. The Hall–Kier alpha value is -1.79. The summed E-state index contributed by atoms with van der Waals surface area (Å²) in [6.07, 6.45) is -2.21. The van der Waals surface area contributed by atoms with Gasteiger partial charge in [-0.05, 0) is 13.3 Å². The zero-order chi connectivity index (χ0) is 19.0. The number of rotatable bonds is 12. The minimum Gasteiger partial charge on any atom is -0.550 e. The van der Waals surface area contributed by atoms with Crippen LogP contribution >= 0.6 is 0 Å². The van der Waals surface area contributed by atoms with E-state index in [9.17, 15) is 19.5 Å². The average Bonchev–Trinajstić information content (AvgIpc) is 2.51. The zero-order valence-electron chi connectivity index (χ0n) is 13.5. The molecule has 0 aliphatic heterocycles. The molecule has 0 aliphatic rings. The van der Waals surface area contributed by atoms with Crippen LogP contribution in [0.2, 0.25) is 0 Å². The van der Waals surface area contributed by atoms with Gasteiger partial charge in [-0.1, -0.05) is 0 Å². The molecule has 0 aromatic carbocycles. The van der Waals surface area contributed by atoms with E-state index in [1.165, 1.54) is 0 Å². The van der Waals surface area contributed by atoms with E-state index < -0.39 is 36.9 Å². The number of aliphatic hydroxyl groups is 3. The molecule has 0 heterocycles. The van der Waals surface area contributed by atoms with Crippen molar-refractivity contribution in [3.63, 3.8) is 0 Å². The lowest BCUT2D eigenvalue weighted by Gasteiger charge is -2.15. The van der Waals surface area contributed by atoms with Crippen LogP contribution in [0.3, 0.4) is 0 Å². The predicted octanol–water partition coefficient (Wildman–Crippen LogP) is -4.69. The van der Waals surface area contributed by atoms with Crippen LogP contribution in [0.5, 0.6) is 0 Å². The summed E-state index contributed by atoms with van der Waals surface area (Å²) >= 11 is 0. The second-order valence-corrected chi connectivity index (χ2v) is 4.57. The summed E-state index contributed by atoms with van der Waals surface area (Å²) in [5.41, 5.74) is 0. The number of carbonyl (C=O) groups excluding carboxylic acids is 2. The third-order valence-electron chi connectivity index (χ3n) is 2.56. The lowest BCUT2D eigenvalue weighted by Crippen LogP contribution is -3.13. The number of quaternary nitrogens is 1. The normalized spacial score (nSPS) is 11.4. The van der Waals surface area contributed by atoms with Crippen LogP contribution in [-0.4, -0.2) is 83.9 Å². The Kier molecular flexibility index (Phi) is 16.4. The van der Waals surface area contributed by atoms with E-state index in [1.54, 1.807) is 0 Å². The maximum atomic E-state index is 10.6. The minimum atomic E-state index is -1.40. The summed E-state index contributed by atoms with van der Waals surface area (Å²) in [5, 5.41) is 43.7. The molecule has 142 valence electrons. The highest BCUT2D eigenvalue weighted by Gasteiger charge is 2.15. The summed E-state index contributed by atoms with van der Waals surface area (Å²) < 4.78 is 0. The minimum absolute atomic E-state index is 0.106. The average molecular weight is 355 g/mol. The monoisotopic (exact) mass is 355 g/mol. The number of hydrogen-bond donors (Lipinski definition) is 5. The number of carboxylic acid groups (broad SMARTS) is 2. The van der Waals surface area contributed by atoms with Crippen molar-refractivity contribution in [3.05, 3.63) is 0 Å². The predicted molar refractivity (Wildman–Crippen MR) is 75.3 cm³/mol. The molecule has 0 aromatic heterocycles. The van der Waals surface area contributed by atoms with Crippen LogP contribution in [0.25, 0.3) is 0 Å². The Bertz CT molecular complexity index is 348. The van der Waals surface area contributed by atoms with E-state index >= 15 is 0 Å². The second-order valence-electron chi connectivity index (χ2n) is 4.57. The molecule has 0 spiro atoms. The summed E-state index contributed by atoms with van der Waals surface area (Å²) in [5.74, 6) is -3.65. The summed E-state index contributed by atoms with van der Waals surface area (Å²) in [7, 11) is 0. The van der Waals surface area contributed by atoms with E-state index in [2.05, 4.69) is 9.78 Å². The van der Waals surface area contributed by atoms with E-state index in [1.807, 2.05) is 0 Å². The molecule has 0 fully saturated rings. The molecule has 0 amide bonds. The fourth-order valence-corrected chi connectivity index (χ4v) is 1.26. The van der Waals surface area contributed by atoms with Crippen molar-refractivity contribution in [2.24, 2.45) is 0 Å². The van der Waals surface area contributed by atoms with Gasteiger partial charge in [0, 0.05) is 5.97 Å². The van der Waals surface area contributed by atoms with Gasteiger partial charge in [0.2, 0.25) is 0 Å². The first kappa shape index (κ1) is 24.5. The van der Waals surface area contributed by atoms with Crippen LogP contribution in [0.15, 0.2) is 0 Å². The van der Waals surface area contributed by atoms with Crippen molar-refractivity contribution >= 4 is 17.9 Å². The highest BCUT2D eigenvalue weighted by molar-refractivity contribution is 5.75. The van der Waals surface area contributed by atoms with Gasteiger partial charge in [0.15, 0.2) is 6.10 Å². The molecule has 1 atom stereocenters. The molecule has 0 aromatic rings. The Morgan fingerprint density at radius 3 is 1.79 bits per heavy atom. The molecule has 1 unspecified atom stereocenters. The SMILES string of the molecule is CC(OOC(=O)CCC(=O)[O-])C(=O)O.OCC[NH+](CCO)CCO. The molecular formula is C13H25NO10. The second kappa shape index (κ2) is 16.1. The van der Waals surface area contributed by atoms with Gasteiger partial charge < -0.3 is 35.2 Å². The number of carbonyl (C=O) groups is 3. The van der Waals surface area contributed by atoms with Crippen LogP contribution in [-0.2, 0) is 24.2 Å². The van der Waals surface area contributed by atoms with E-state index in [0.29, 0.717) is 19.6 Å². The van der Waals surface area contributed by atoms with Crippen LogP contribution in [0.4, 0.5) is 0 Å². The Morgan fingerprint density at radius 1 is 1.00 bits per heavy atom. The molecule has 11 nitrogen and oxygen atoms in total. The van der Waals surface area contributed by atoms with Crippen LogP contribution in [0.1, 0.15) is 19.8 Å². The number of carboxylic acids is 2. The molecule has 11 heteroatoms. The van der Waals surface area contributed by atoms with E-state index in [-0.39, 0.29) is 19.8 Å². The molecular weight excluding hydrogens is 330 g/mol. The van der Waals surface area contributed by atoms with Crippen molar-refractivity contribution in [2.45, 2.75) is 25.9 Å². The Labute approximate surface area is 138 Å². The number of nitrogens with one attached hydrogen (secondary N) is 1. The van der Waals surface area contributed by atoms with Crippen LogP contribution < -0.4 is 10.0 Å². The first-order valence-electron chi connectivity index (χ1n) is 7.23. The maximum Gasteiger partial charge on any atom is 0.342 e. The lowest BCUT2D eigenvalue weighted by molar-refractivity contribution is -0.901. The molecule has 5 N–H and O–H groups in total. The summed E-state index contributed by atoms with van der Waals surface area (Å²) in [6, 6.07) is 0. The van der Waals surface area contributed by atoms with Gasteiger partial charge in [-0.15, -0.1) is 0 Å². The number of hydrogen-bond acceptors (Lipinski definition) is 9. The Morgan fingerprint density at radius 2 is 1.46 bits per heavy atom. The maximum absolute atomic E-state index is 10.6. The van der Waals surface area contributed by atoms with Gasteiger partial charge in [0.1, 0.15) is 19.6 Å². The van der Waals surface area contributed by atoms with Crippen molar-refractivity contribution in [1.82, 2.24) is 0 Å². The smallest absolute Gasteiger partial charge is 0.342 e. The molecule has 0 radical (unpaired) electrons. The van der Waals surface area contributed by atoms with Gasteiger partial charge in [-0.3, -0.25) is 4.89 Å². The highest BCUT2D eigenvalue weighted by atomic mass is 17.2. The molecule has 0 bridgehead atoms. The van der Waals surface area contributed by atoms with Gasteiger partial charge in [-0.25, -0.2) is 9.59 Å². The lowest BCUT2D eigenvalue weighted by atomic mass is 10.3. The molecule has 0 aliphatic carbocycles. The molecule has 0 rings (SSSR count). The van der Waals surface area contributed by atoms with E-state index in [0.717, 1.165) is 11.8 Å². The highest BCUT2D eigenvalue weighted by Crippen LogP contribution is 1.96. The van der Waals surface area contributed by atoms with Gasteiger partial charge in [-0.2, -0.15) is 4.89 Å². The third kappa shape index (κ3) is 16.6. The van der Waals surface area contributed by atoms with Gasteiger partial charge in [0.05, 0.1) is 26.2 Å². The van der Waals surface area contributed by atoms with Crippen molar-refractivity contribution in [3.8, 4) is 0 Å². The molecule has 0 saturated carbocycles. The first-order valence-corrected chi connectivity index (χ1v) is 7.23. The summed E-state index contributed by atoms with van der Waals surface area (Å²) in [4.78, 5) is 39.9. The fourth-order valence-electron chi connectivity index (χ4n) is 1.26. The van der Waals surface area contributed by atoms with E-state index in [4.69, 9.17) is 20.4 Å². The zero-order valence-corrected chi connectivity index (χ0v) is 13.5. The van der Waals surface area contributed by atoms with Crippen LogP contribution in [0, 0.1) is 0 Å². The first-order chi connectivity index (χ1) is 11.3. The quantitative estimate of drug-likeness (QED) is 0.169. The molecule has 0 saturated heterocycles. The van der Waals surface area contributed by atoms with Crippen molar-refractivity contribution in [1.29, 1.82) is 0 Å². The fraction of sp³-hybridized carbons (Fsp3) is 0.769. The number of aliphatic carboxylic acids is 2. The summed E-state index contributed by atoms with van der Waals surface area (Å²) in [6.45, 7) is 3.28. The van der Waals surface area contributed by atoms with Gasteiger partial charge in [0.25, 0.3) is 0 Å². The van der Waals surface area contributed by atoms with Crippen molar-refractivity contribution in [2.75, 3.05) is 39.5 Å². The van der Waals surface area contributed by atoms with Crippen molar-refractivity contribution < 1.29 is 54.6 Å². The third-order valence-corrected chi connectivity index (χ3v) is 2.56. The van der Waals surface area contributed by atoms with Gasteiger partial charge >= 0.3 is 11.9 Å². The standard InChI is InChI=1S/C7H10O7.C6H15NO3/c1-4(7(11)12)13-14-6(10)3-2-5(8)9;8-4-1-7(2-5-9)3-6-10/h4H,2-3H2,1H3,(H,8,9)(H,11,12);8-10H,1-6H2. The Balaban J connectivity index is 0.